The van der Waals surface area contributed by atoms with E-state index in [2.05, 4.69) is 5.32 Å². The summed E-state index contributed by atoms with van der Waals surface area (Å²) < 4.78 is 11.0. The van der Waals surface area contributed by atoms with E-state index in [1.807, 2.05) is 37.3 Å². The van der Waals surface area contributed by atoms with Crippen molar-refractivity contribution in [1.29, 1.82) is 0 Å². The third-order valence-corrected chi connectivity index (χ3v) is 4.52. The molecule has 28 heavy (non-hydrogen) atoms. The molecule has 2 aromatic rings. The van der Waals surface area contributed by atoms with E-state index in [9.17, 15) is 9.59 Å². The van der Waals surface area contributed by atoms with Crippen molar-refractivity contribution in [3.05, 3.63) is 48.5 Å². The number of likely N-dealkylation sites (N-methyl/N-ethyl adjacent to an activating group) is 2. The molecule has 0 unspecified atom stereocenters. The Morgan fingerprint density at radius 2 is 1.71 bits per heavy atom. The van der Waals surface area contributed by atoms with Crippen molar-refractivity contribution in [2.45, 2.75) is 6.92 Å². The van der Waals surface area contributed by atoms with E-state index in [4.69, 9.17) is 9.47 Å². The van der Waals surface area contributed by atoms with E-state index in [-0.39, 0.29) is 24.9 Å². The minimum atomic E-state index is -0.186. The molecule has 1 N–H and O–H groups in total. The number of rotatable bonds is 7. The first-order chi connectivity index (χ1) is 13.6. The molecular formula is C21H25N3O4. The Kier molecular flexibility index (Phi) is 6.49. The van der Waals surface area contributed by atoms with Crippen LogP contribution in [0.3, 0.4) is 0 Å². The van der Waals surface area contributed by atoms with Crippen LogP contribution < -0.4 is 19.7 Å². The van der Waals surface area contributed by atoms with Gasteiger partial charge in [0.05, 0.1) is 13.1 Å². The first kappa shape index (κ1) is 19.7. The minimum absolute atomic E-state index is 0.0693. The number of para-hydroxylation sites is 1. The fourth-order valence-electron chi connectivity index (χ4n) is 2.90. The van der Waals surface area contributed by atoms with Gasteiger partial charge in [0.25, 0.3) is 0 Å². The maximum Gasteiger partial charge on any atom is 0.240 e. The van der Waals surface area contributed by atoms with Gasteiger partial charge in [-0.05, 0) is 30.8 Å². The number of nitrogens with zero attached hydrogens (tertiary/aromatic N) is 2. The summed E-state index contributed by atoms with van der Waals surface area (Å²) >= 11 is 0. The Balaban J connectivity index is 1.55. The van der Waals surface area contributed by atoms with Crippen LogP contribution in [0, 0.1) is 0 Å². The molecule has 0 atom stereocenters. The van der Waals surface area contributed by atoms with E-state index >= 15 is 0 Å². The summed E-state index contributed by atoms with van der Waals surface area (Å²) in [4.78, 5) is 28.4. The van der Waals surface area contributed by atoms with Gasteiger partial charge in [-0.3, -0.25) is 14.5 Å². The van der Waals surface area contributed by atoms with Crippen LogP contribution in [0.4, 0.5) is 11.4 Å². The fourth-order valence-corrected chi connectivity index (χ4v) is 2.90. The van der Waals surface area contributed by atoms with Gasteiger partial charge in [0, 0.05) is 24.5 Å². The standard InChI is InChI=1S/C21H25N3O4/c1-3-24(15-21(26)23(2)17-7-5-4-6-8-17)14-20(25)22-16-9-10-18-19(13-16)28-12-11-27-18/h4-10,13H,3,11-12,14-15H2,1-2H3,(H,22,25). The number of nitrogens with one attached hydrogen (secondary N) is 1. The number of anilines is 2. The molecule has 0 spiro atoms. The van der Waals surface area contributed by atoms with Crippen LogP contribution in [0.15, 0.2) is 48.5 Å². The van der Waals surface area contributed by atoms with Crippen LogP contribution in [0.25, 0.3) is 0 Å². The van der Waals surface area contributed by atoms with E-state index < -0.39 is 0 Å². The predicted octanol–water partition coefficient (Wildman–Crippen LogP) is 2.38. The van der Waals surface area contributed by atoms with E-state index in [0.717, 1.165) is 5.69 Å². The third-order valence-electron chi connectivity index (χ3n) is 4.52. The van der Waals surface area contributed by atoms with E-state index in [0.29, 0.717) is 36.9 Å². The molecule has 0 radical (unpaired) electrons. The molecule has 0 fully saturated rings. The molecule has 0 bridgehead atoms. The molecule has 0 aromatic heterocycles. The Labute approximate surface area is 164 Å². The molecule has 2 amide bonds. The van der Waals surface area contributed by atoms with Gasteiger partial charge in [-0.1, -0.05) is 25.1 Å². The SMILES string of the molecule is CCN(CC(=O)Nc1ccc2c(c1)OCCO2)CC(=O)N(C)c1ccccc1. The summed E-state index contributed by atoms with van der Waals surface area (Å²) in [7, 11) is 1.74. The number of amides is 2. The van der Waals surface area contributed by atoms with Gasteiger partial charge in [0.15, 0.2) is 11.5 Å². The monoisotopic (exact) mass is 383 g/mol. The van der Waals surface area contributed by atoms with Gasteiger partial charge < -0.3 is 19.7 Å². The zero-order valence-electron chi connectivity index (χ0n) is 16.2. The van der Waals surface area contributed by atoms with Crippen LogP contribution in [0.1, 0.15) is 6.92 Å². The van der Waals surface area contributed by atoms with Crippen LogP contribution in [-0.4, -0.2) is 56.6 Å². The van der Waals surface area contributed by atoms with Gasteiger partial charge in [-0.25, -0.2) is 0 Å². The lowest BCUT2D eigenvalue weighted by Gasteiger charge is -2.24. The van der Waals surface area contributed by atoms with Crippen molar-refractivity contribution < 1.29 is 19.1 Å². The number of benzene rings is 2. The van der Waals surface area contributed by atoms with Crippen molar-refractivity contribution >= 4 is 23.2 Å². The van der Waals surface area contributed by atoms with Crippen molar-refractivity contribution in [3.63, 3.8) is 0 Å². The second-order valence-electron chi connectivity index (χ2n) is 6.50. The molecule has 1 aliphatic heterocycles. The van der Waals surface area contributed by atoms with E-state index in [1.165, 1.54) is 0 Å². The first-order valence-corrected chi connectivity index (χ1v) is 9.30. The predicted molar refractivity (Wildman–Crippen MR) is 108 cm³/mol. The molecule has 0 saturated heterocycles. The molecule has 7 heteroatoms. The number of hydrogen-bond donors (Lipinski definition) is 1. The number of fused-ring (bicyclic) bond motifs is 1. The summed E-state index contributed by atoms with van der Waals surface area (Å²) in [6.07, 6.45) is 0. The summed E-state index contributed by atoms with van der Waals surface area (Å²) in [5, 5.41) is 2.85. The molecule has 2 aromatic carbocycles. The highest BCUT2D eigenvalue weighted by Gasteiger charge is 2.18. The fraction of sp³-hybridized carbons (Fsp3) is 0.333. The van der Waals surface area contributed by atoms with Gasteiger partial charge in [-0.15, -0.1) is 0 Å². The molecular weight excluding hydrogens is 358 g/mol. The Bertz CT molecular complexity index is 826. The van der Waals surface area contributed by atoms with Gasteiger partial charge >= 0.3 is 0 Å². The highest BCUT2D eigenvalue weighted by Crippen LogP contribution is 2.32. The molecule has 3 rings (SSSR count). The zero-order valence-corrected chi connectivity index (χ0v) is 16.2. The van der Waals surface area contributed by atoms with Crippen molar-refractivity contribution in [2.75, 3.05) is 50.1 Å². The van der Waals surface area contributed by atoms with Crippen LogP contribution in [0.2, 0.25) is 0 Å². The smallest absolute Gasteiger partial charge is 0.240 e. The second kappa shape index (κ2) is 9.23. The summed E-state index contributed by atoms with van der Waals surface area (Å²) in [6.45, 7) is 3.81. The van der Waals surface area contributed by atoms with Crippen LogP contribution in [0.5, 0.6) is 11.5 Å². The second-order valence-corrected chi connectivity index (χ2v) is 6.50. The van der Waals surface area contributed by atoms with Crippen molar-refractivity contribution in [2.24, 2.45) is 0 Å². The topological polar surface area (TPSA) is 71.1 Å². The lowest BCUT2D eigenvalue weighted by atomic mass is 10.2. The number of carbonyl (C=O) groups excluding carboxylic acids is 2. The average Bonchev–Trinajstić information content (AvgIpc) is 2.73. The third kappa shape index (κ3) is 5.01. The quantitative estimate of drug-likeness (QED) is 0.795. The lowest BCUT2D eigenvalue weighted by molar-refractivity contribution is -0.121. The number of carbonyl (C=O) groups is 2. The first-order valence-electron chi connectivity index (χ1n) is 9.30. The molecule has 1 aliphatic rings. The molecule has 1 heterocycles. The number of ether oxygens (including phenoxy) is 2. The normalized spacial score (nSPS) is 12.5. The lowest BCUT2D eigenvalue weighted by Crippen LogP contribution is -2.41. The maximum atomic E-state index is 12.5. The minimum Gasteiger partial charge on any atom is -0.486 e. The summed E-state index contributed by atoms with van der Waals surface area (Å²) in [5.74, 6) is 1.04. The van der Waals surface area contributed by atoms with Gasteiger partial charge in [0.2, 0.25) is 11.8 Å². The van der Waals surface area contributed by atoms with Gasteiger partial charge in [-0.2, -0.15) is 0 Å². The van der Waals surface area contributed by atoms with E-state index in [1.54, 1.807) is 35.0 Å². The Hall–Kier alpha value is -3.06. The average molecular weight is 383 g/mol. The number of hydrogen-bond acceptors (Lipinski definition) is 5. The molecule has 0 saturated carbocycles. The Morgan fingerprint density at radius 1 is 1.00 bits per heavy atom. The highest BCUT2D eigenvalue weighted by atomic mass is 16.6. The largest absolute Gasteiger partial charge is 0.486 e. The molecule has 148 valence electrons. The molecule has 0 aliphatic carbocycles. The van der Waals surface area contributed by atoms with Crippen molar-refractivity contribution in [3.8, 4) is 11.5 Å². The molecule has 7 nitrogen and oxygen atoms in total. The summed E-state index contributed by atoms with van der Waals surface area (Å²) in [5.41, 5.74) is 1.46. The van der Waals surface area contributed by atoms with Crippen LogP contribution in [-0.2, 0) is 9.59 Å². The van der Waals surface area contributed by atoms with Gasteiger partial charge in [0.1, 0.15) is 13.2 Å². The van der Waals surface area contributed by atoms with Crippen LogP contribution >= 0.6 is 0 Å². The van der Waals surface area contributed by atoms with Crippen molar-refractivity contribution in [1.82, 2.24) is 4.90 Å². The Morgan fingerprint density at radius 3 is 2.43 bits per heavy atom. The summed E-state index contributed by atoms with van der Waals surface area (Å²) in [6, 6.07) is 14.7. The highest BCUT2D eigenvalue weighted by molar-refractivity contribution is 5.96. The zero-order chi connectivity index (χ0) is 19.9. The maximum absolute atomic E-state index is 12.5.